The number of carbonyl (C=O) groups excluding carboxylic acids is 1. The average molecular weight is 504 g/mol. The van der Waals surface area contributed by atoms with Crippen LogP contribution >= 0.6 is 0 Å². The third-order valence-corrected chi connectivity index (χ3v) is 6.99. The Morgan fingerprint density at radius 3 is 2.58 bits per heavy atom. The number of aryl methyl sites for hydroxylation is 1. The highest BCUT2D eigenvalue weighted by Gasteiger charge is 2.47. The van der Waals surface area contributed by atoms with Gasteiger partial charge in [-0.25, -0.2) is 23.1 Å². The van der Waals surface area contributed by atoms with E-state index in [1.165, 1.54) is 37.1 Å². The van der Waals surface area contributed by atoms with E-state index in [9.17, 15) is 22.8 Å². The minimum atomic E-state index is -2.94. The molecule has 1 fully saturated rings. The van der Waals surface area contributed by atoms with Gasteiger partial charge in [0.25, 0.3) is 12.0 Å². The second-order valence-electron chi connectivity index (χ2n) is 9.20. The molecule has 3 atom stereocenters. The number of likely N-dealkylation sites (tertiary alicyclic amines) is 1. The van der Waals surface area contributed by atoms with Crippen molar-refractivity contribution in [2.75, 3.05) is 19.0 Å². The molecule has 0 spiro atoms. The predicted octanol–water partition coefficient (Wildman–Crippen LogP) is 4.06. The van der Waals surface area contributed by atoms with Gasteiger partial charge in [0.15, 0.2) is 0 Å². The number of hydrogen-bond donors (Lipinski definition) is 1. The first-order chi connectivity index (χ1) is 17.0. The first-order valence-corrected chi connectivity index (χ1v) is 11.5. The lowest BCUT2D eigenvalue weighted by atomic mass is 9.91. The van der Waals surface area contributed by atoms with E-state index in [1.807, 2.05) is 6.92 Å². The molecule has 1 aliphatic rings. The summed E-state index contributed by atoms with van der Waals surface area (Å²) in [5.41, 5.74) is -1.31. The zero-order valence-corrected chi connectivity index (χ0v) is 20.7. The van der Waals surface area contributed by atoms with E-state index >= 15 is 0 Å². The van der Waals surface area contributed by atoms with Crippen LogP contribution < -0.4 is 10.9 Å². The largest absolute Gasteiger partial charge is 0.371 e. The lowest BCUT2D eigenvalue weighted by Gasteiger charge is -2.28. The first kappa shape index (κ1) is 25.6. The summed E-state index contributed by atoms with van der Waals surface area (Å²) in [5, 5.41) is 3.55. The van der Waals surface area contributed by atoms with Gasteiger partial charge in [-0.05, 0) is 19.9 Å². The molecule has 1 N–H and O–H groups in total. The van der Waals surface area contributed by atoms with Crippen LogP contribution in [0.3, 0.4) is 0 Å². The van der Waals surface area contributed by atoms with Crippen LogP contribution in [-0.2, 0) is 22.2 Å². The van der Waals surface area contributed by atoms with E-state index in [0.29, 0.717) is 28.8 Å². The van der Waals surface area contributed by atoms with Crippen molar-refractivity contribution in [1.82, 2.24) is 19.4 Å². The molecule has 1 saturated heterocycles. The van der Waals surface area contributed by atoms with Crippen molar-refractivity contribution in [3.63, 3.8) is 0 Å². The summed E-state index contributed by atoms with van der Waals surface area (Å²) >= 11 is 0. The van der Waals surface area contributed by atoms with E-state index in [2.05, 4.69) is 15.3 Å². The summed E-state index contributed by atoms with van der Waals surface area (Å²) in [6.07, 6.45) is -1.26. The van der Waals surface area contributed by atoms with E-state index < -0.39 is 29.4 Å². The number of ether oxygens (including phenoxy) is 1. The van der Waals surface area contributed by atoms with Gasteiger partial charge in [0.05, 0.1) is 29.1 Å². The van der Waals surface area contributed by atoms with E-state index in [0.717, 1.165) is 6.07 Å². The molecule has 192 valence electrons. The van der Waals surface area contributed by atoms with Crippen molar-refractivity contribution in [1.29, 1.82) is 0 Å². The van der Waals surface area contributed by atoms with Gasteiger partial charge in [-0.3, -0.25) is 14.2 Å². The monoisotopic (exact) mass is 503 g/mol. The molecule has 0 bridgehead atoms. The number of hydrogen-bond acceptors (Lipinski definition) is 6. The zero-order valence-electron chi connectivity index (χ0n) is 20.7. The Hall–Kier alpha value is -3.47. The Morgan fingerprint density at radius 2 is 1.97 bits per heavy atom. The maximum atomic E-state index is 14.8. The quantitative estimate of drug-likeness (QED) is 0.546. The fourth-order valence-electron chi connectivity index (χ4n) is 5.02. The zero-order chi connectivity index (χ0) is 26.4. The number of rotatable bonds is 6. The van der Waals surface area contributed by atoms with Gasteiger partial charge in [-0.1, -0.05) is 18.2 Å². The molecular formula is C25H28F3N5O3. The number of alkyl halides is 2. The molecule has 11 heteroatoms. The standard InChI is InChI=1S/C25H28F3N5O3/c1-13-10-25(36-5,11-33(13)15(3)34)19-9-18-22(29-12-30-23(18)32(4)24(19)35)31-14(2)16-7-6-8-17(20(16)26)21(27)28/h6-9,12-14,21H,10-11H2,1-5H3,(H,29,30,31)/t13-,14+,25-/m0/s1. The number of fused-ring (bicyclic) bond motifs is 1. The Bertz CT molecular complexity index is 1380. The SMILES string of the molecule is CO[C@@]1(c2cc3c(N[C@H](C)c4cccc(C(F)F)c4F)ncnc3n(C)c2=O)C[C@H](C)N(C(C)=O)C1. The minimum absolute atomic E-state index is 0.0553. The molecule has 1 amide bonds. The number of aromatic nitrogens is 3. The summed E-state index contributed by atoms with van der Waals surface area (Å²) in [7, 11) is 3.08. The van der Waals surface area contributed by atoms with E-state index in [4.69, 9.17) is 4.74 Å². The molecule has 3 heterocycles. The number of amides is 1. The predicted molar refractivity (Wildman–Crippen MR) is 128 cm³/mol. The maximum absolute atomic E-state index is 14.8. The fourth-order valence-corrected chi connectivity index (χ4v) is 5.02. The Labute approximate surface area is 206 Å². The van der Waals surface area contributed by atoms with Crippen LogP contribution in [0.4, 0.5) is 19.0 Å². The molecule has 1 aromatic carbocycles. The third-order valence-electron chi connectivity index (χ3n) is 6.99. The molecule has 0 saturated carbocycles. The summed E-state index contributed by atoms with van der Waals surface area (Å²) in [6, 6.07) is 4.63. The van der Waals surface area contributed by atoms with Crippen molar-refractivity contribution in [3.05, 3.63) is 63.5 Å². The van der Waals surface area contributed by atoms with E-state index in [1.54, 1.807) is 24.9 Å². The number of nitrogens with zero attached hydrogens (tertiary/aromatic N) is 4. The number of pyridine rings is 1. The number of halogens is 3. The van der Waals surface area contributed by atoms with Crippen molar-refractivity contribution in [2.45, 2.75) is 51.3 Å². The molecule has 0 aliphatic carbocycles. The van der Waals surface area contributed by atoms with Crippen LogP contribution in [0, 0.1) is 5.82 Å². The lowest BCUT2D eigenvalue weighted by molar-refractivity contribution is -0.130. The molecule has 36 heavy (non-hydrogen) atoms. The molecule has 8 nitrogen and oxygen atoms in total. The summed E-state index contributed by atoms with van der Waals surface area (Å²) in [5.74, 6) is -0.805. The second kappa shape index (κ2) is 9.53. The van der Waals surface area contributed by atoms with Crippen molar-refractivity contribution in [3.8, 4) is 0 Å². The first-order valence-electron chi connectivity index (χ1n) is 11.5. The Balaban J connectivity index is 1.82. The van der Waals surface area contributed by atoms with Gasteiger partial charge in [-0.15, -0.1) is 0 Å². The van der Waals surface area contributed by atoms with Gasteiger partial charge < -0.3 is 15.0 Å². The molecule has 3 aromatic rings. The number of carbonyl (C=O) groups is 1. The summed E-state index contributed by atoms with van der Waals surface area (Å²) in [4.78, 5) is 35.7. The van der Waals surface area contributed by atoms with Crippen molar-refractivity contribution >= 4 is 22.8 Å². The molecular weight excluding hydrogens is 475 g/mol. The van der Waals surface area contributed by atoms with Gasteiger partial charge >= 0.3 is 0 Å². The molecule has 1 aliphatic heterocycles. The van der Waals surface area contributed by atoms with Crippen molar-refractivity contribution < 1.29 is 22.7 Å². The van der Waals surface area contributed by atoms with Gasteiger partial charge in [0, 0.05) is 39.1 Å². The second-order valence-corrected chi connectivity index (χ2v) is 9.20. The minimum Gasteiger partial charge on any atom is -0.371 e. The van der Waals surface area contributed by atoms with Crippen LogP contribution in [0.5, 0.6) is 0 Å². The Kier molecular flexibility index (Phi) is 6.78. The average Bonchev–Trinajstić information content (AvgIpc) is 3.19. The number of benzene rings is 1. The molecule has 0 radical (unpaired) electrons. The summed E-state index contributed by atoms with van der Waals surface area (Å²) in [6.45, 7) is 5.21. The fraction of sp³-hybridized carbons (Fsp3) is 0.440. The number of anilines is 1. The highest BCUT2D eigenvalue weighted by atomic mass is 19.3. The van der Waals surface area contributed by atoms with Crippen LogP contribution in [0.2, 0.25) is 0 Å². The van der Waals surface area contributed by atoms with Crippen molar-refractivity contribution in [2.24, 2.45) is 7.05 Å². The lowest BCUT2D eigenvalue weighted by Crippen LogP contribution is -2.40. The van der Waals surface area contributed by atoms with Crippen LogP contribution in [0.1, 0.15) is 56.3 Å². The molecule has 2 aromatic heterocycles. The van der Waals surface area contributed by atoms with Crippen LogP contribution in [-0.4, -0.2) is 45.0 Å². The Morgan fingerprint density at radius 1 is 1.28 bits per heavy atom. The number of nitrogens with one attached hydrogen (secondary N) is 1. The molecule has 4 rings (SSSR count). The van der Waals surface area contributed by atoms with Crippen LogP contribution in [0.25, 0.3) is 11.0 Å². The maximum Gasteiger partial charge on any atom is 0.266 e. The third kappa shape index (κ3) is 4.21. The van der Waals surface area contributed by atoms with Gasteiger partial charge in [0.1, 0.15) is 29.2 Å². The topological polar surface area (TPSA) is 89.3 Å². The van der Waals surface area contributed by atoms with Gasteiger partial charge in [-0.2, -0.15) is 0 Å². The summed E-state index contributed by atoms with van der Waals surface area (Å²) < 4.78 is 48.4. The van der Waals surface area contributed by atoms with Crippen LogP contribution in [0.15, 0.2) is 35.4 Å². The highest BCUT2D eigenvalue weighted by Crippen LogP contribution is 2.39. The normalized spacial score (nSPS) is 20.8. The van der Waals surface area contributed by atoms with Gasteiger partial charge in [0.2, 0.25) is 5.91 Å². The smallest absolute Gasteiger partial charge is 0.266 e. The highest BCUT2D eigenvalue weighted by molar-refractivity contribution is 5.87. The molecule has 0 unspecified atom stereocenters. The number of methoxy groups -OCH3 is 1. The van der Waals surface area contributed by atoms with E-state index in [-0.39, 0.29) is 29.6 Å².